The third-order valence-corrected chi connectivity index (χ3v) is 8.20. The van der Waals surface area contributed by atoms with Crippen molar-refractivity contribution in [3.05, 3.63) is 58.5 Å². The van der Waals surface area contributed by atoms with Gasteiger partial charge in [-0.05, 0) is 61.2 Å². The standard InChI is InChI=1S/C24H28N2O7S/c1-14-24(15(2)33-25-14)34(27,28)26-10-9-16-11-21(31-5)22(32-6)13-18(16)23(26)17-7-8-19(29-3)20(12-17)30-4/h7-8,11-13,23H,9-10H2,1-6H3. The van der Waals surface area contributed by atoms with Crippen LogP contribution in [0.2, 0.25) is 0 Å². The van der Waals surface area contributed by atoms with Gasteiger partial charge in [-0.25, -0.2) is 8.42 Å². The third kappa shape index (κ3) is 3.86. The van der Waals surface area contributed by atoms with Crippen LogP contribution >= 0.6 is 0 Å². The molecular weight excluding hydrogens is 460 g/mol. The van der Waals surface area contributed by atoms with Gasteiger partial charge in [-0.15, -0.1) is 0 Å². The van der Waals surface area contributed by atoms with Crippen LogP contribution in [-0.4, -0.2) is 52.9 Å². The van der Waals surface area contributed by atoms with Crippen LogP contribution < -0.4 is 18.9 Å². The molecule has 0 radical (unpaired) electrons. The lowest BCUT2D eigenvalue weighted by Gasteiger charge is -2.37. The normalized spacial score (nSPS) is 16.1. The summed E-state index contributed by atoms with van der Waals surface area (Å²) < 4.78 is 56.5. The van der Waals surface area contributed by atoms with Gasteiger partial charge in [-0.2, -0.15) is 4.31 Å². The van der Waals surface area contributed by atoms with Gasteiger partial charge < -0.3 is 23.5 Å². The van der Waals surface area contributed by atoms with Gasteiger partial charge in [0.1, 0.15) is 10.6 Å². The summed E-state index contributed by atoms with van der Waals surface area (Å²) in [6.45, 7) is 3.48. The van der Waals surface area contributed by atoms with Gasteiger partial charge in [0.05, 0.1) is 34.5 Å². The Morgan fingerprint density at radius 2 is 1.53 bits per heavy atom. The SMILES string of the molecule is COc1ccc(C2c3cc(OC)c(OC)cc3CCN2S(=O)(=O)c2c(C)noc2C)cc1OC. The minimum absolute atomic E-state index is 0.0851. The quantitative estimate of drug-likeness (QED) is 0.497. The molecule has 0 amide bonds. The van der Waals surface area contributed by atoms with Gasteiger partial charge >= 0.3 is 0 Å². The number of nitrogens with zero attached hydrogens (tertiary/aromatic N) is 2. The number of aryl methyl sites for hydroxylation is 2. The molecular formula is C24H28N2O7S. The first kappa shape index (κ1) is 23.9. The molecule has 0 saturated heterocycles. The van der Waals surface area contributed by atoms with Gasteiger partial charge in [-0.1, -0.05) is 11.2 Å². The number of hydrogen-bond acceptors (Lipinski definition) is 8. The average Bonchev–Trinajstić information content (AvgIpc) is 3.20. The molecule has 0 spiro atoms. The highest BCUT2D eigenvalue weighted by molar-refractivity contribution is 7.89. The molecule has 1 aliphatic heterocycles. The second kappa shape index (κ2) is 9.19. The maximum atomic E-state index is 14.0. The number of hydrogen-bond donors (Lipinski definition) is 0. The van der Waals surface area contributed by atoms with E-state index < -0.39 is 16.1 Å². The molecule has 0 aliphatic carbocycles. The molecule has 0 N–H and O–H groups in total. The molecule has 0 saturated carbocycles. The molecule has 4 rings (SSSR count). The number of sulfonamides is 1. The lowest BCUT2D eigenvalue weighted by molar-refractivity contribution is 0.328. The maximum absolute atomic E-state index is 14.0. The van der Waals surface area contributed by atoms with E-state index in [1.807, 2.05) is 18.2 Å². The topological polar surface area (TPSA) is 100 Å². The number of aromatic nitrogens is 1. The second-order valence-electron chi connectivity index (χ2n) is 7.94. The van der Waals surface area contributed by atoms with Gasteiger partial charge in [0.2, 0.25) is 10.0 Å². The smallest absolute Gasteiger partial charge is 0.249 e. The maximum Gasteiger partial charge on any atom is 0.249 e. The van der Waals surface area contributed by atoms with Crippen molar-refractivity contribution in [2.24, 2.45) is 0 Å². The summed E-state index contributed by atoms with van der Waals surface area (Å²) in [6.07, 6.45) is 0.502. The van der Waals surface area contributed by atoms with E-state index in [0.717, 1.165) is 16.7 Å². The Hall–Kier alpha value is -3.24. The van der Waals surface area contributed by atoms with E-state index in [-0.39, 0.29) is 17.2 Å². The Balaban J connectivity index is 1.96. The van der Waals surface area contributed by atoms with Crippen LogP contribution in [0.25, 0.3) is 0 Å². The monoisotopic (exact) mass is 488 g/mol. The predicted octanol–water partition coefficient (Wildman–Crippen LogP) is 3.66. The van der Waals surface area contributed by atoms with Crippen LogP contribution in [0.1, 0.15) is 34.2 Å². The molecule has 3 aromatic rings. The largest absolute Gasteiger partial charge is 0.493 e. The highest BCUT2D eigenvalue weighted by Gasteiger charge is 2.41. The Morgan fingerprint density at radius 3 is 2.12 bits per heavy atom. The van der Waals surface area contributed by atoms with Crippen LogP contribution in [0.3, 0.4) is 0 Å². The van der Waals surface area contributed by atoms with Crippen molar-refractivity contribution in [3.8, 4) is 23.0 Å². The van der Waals surface area contributed by atoms with Gasteiger partial charge in [0, 0.05) is 6.54 Å². The zero-order valence-corrected chi connectivity index (χ0v) is 20.9. The second-order valence-corrected chi connectivity index (χ2v) is 9.77. The average molecular weight is 489 g/mol. The highest BCUT2D eigenvalue weighted by atomic mass is 32.2. The van der Waals surface area contributed by atoms with E-state index in [1.165, 1.54) is 4.31 Å². The van der Waals surface area contributed by atoms with E-state index in [9.17, 15) is 8.42 Å². The van der Waals surface area contributed by atoms with E-state index >= 15 is 0 Å². The van der Waals surface area contributed by atoms with Crippen molar-refractivity contribution in [1.29, 1.82) is 0 Å². The number of fused-ring (bicyclic) bond motifs is 1. The molecule has 10 heteroatoms. The first-order valence-electron chi connectivity index (χ1n) is 10.7. The molecule has 182 valence electrons. The zero-order valence-electron chi connectivity index (χ0n) is 20.0. The molecule has 1 aromatic heterocycles. The van der Waals surface area contributed by atoms with Crippen molar-refractivity contribution in [2.75, 3.05) is 35.0 Å². The summed E-state index contributed by atoms with van der Waals surface area (Å²) in [5, 5.41) is 3.87. The Kier molecular flexibility index (Phi) is 6.46. The van der Waals surface area contributed by atoms with Gasteiger partial charge in [0.15, 0.2) is 28.8 Å². The molecule has 1 atom stereocenters. The van der Waals surface area contributed by atoms with Crippen LogP contribution in [-0.2, 0) is 16.4 Å². The Bertz CT molecular complexity index is 1300. The summed E-state index contributed by atoms with van der Waals surface area (Å²) in [6, 6.07) is 8.50. The van der Waals surface area contributed by atoms with Gasteiger partial charge in [-0.3, -0.25) is 0 Å². The fourth-order valence-electron chi connectivity index (χ4n) is 4.51. The molecule has 0 bridgehead atoms. The first-order chi connectivity index (χ1) is 16.3. The molecule has 2 heterocycles. The van der Waals surface area contributed by atoms with Crippen LogP contribution in [0.5, 0.6) is 23.0 Å². The van der Waals surface area contributed by atoms with Crippen molar-refractivity contribution in [1.82, 2.24) is 9.46 Å². The molecule has 2 aromatic carbocycles. The minimum Gasteiger partial charge on any atom is -0.493 e. The van der Waals surface area contributed by atoms with Crippen molar-refractivity contribution in [3.63, 3.8) is 0 Å². The van der Waals surface area contributed by atoms with Crippen LogP contribution in [0.4, 0.5) is 0 Å². The lowest BCUT2D eigenvalue weighted by atomic mass is 9.89. The summed E-state index contributed by atoms with van der Waals surface area (Å²) in [5.74, 6) is 2.41. The lowest BCUT2D eigenvalue weighted by Crippen LogP contribution is -2.41. The predicted molar refractivity (Wildman–Crippen MR) is 125 cm³/mol. The first-order valence-corrected chi connectivity index (χ1v) is 12.1. The Morgan fingerprint density at radius 1 is 0.912 bits per heavy atom. The van der Waals surface area contributed by atoms with E-state index in [0.29, 0.717) is 35.1 Å². The molecule has 1 unspecified atom stereocenters. The summed E-state index contributed by atoms with van der Waals surface area (Å²) in [4.78, 5) is 0.0851. The zero-order chi connectivity index (χ0) is 24.6. The summed E-state index contributed by atoms with van der Waals surface area (Å²) in [5.41, 5.74) is 2.82. The number of methoxy groups -OCH3 is 4. The summed E-state index contributed by atoms with van der Waals surface area (Å²) >= 11 is 0. The fourth-order valence-corrected chi connectivity index (χ4v) is 6.40. The molecule has 9 nitrogen and oxygen atoms in total. The van der Waals surface area contributed by atoms with E-state index in [1.54, 1.807) is 54.4 Å². The van der Waals surface area contributed by atoms with Crippen molar-refractivity contribution in [2.45, 2.75) is 31.2 Å². The van der Waals surface area contributed by atoms with Crippen molar-refractivity contribution < 1.29 is 31.9 Å². The molecule has 34 heavy (non-hydrogen) atoms. The number of ether oxygens (including phenoxy) is 4. The number of benzene rings is 2. The Labute approximate surface area is 199 Å². The van der Waals surface area contributed by atoms with Gasteiger partial charge in [0.25, 0.3) is 0 Å². The van der Waals surface area contributed by atoms with Crippen LogP contribution in [0.15, 0.2) is 39.8 Å². The van der Waals surface area contributed by atoms with E-state index in [4.69, 9.17) is 23.5 Å². The molecule has 1 aliphatic rings. The fraction of sp³-hybridized carbons (Fsp3) is 0.375. The van der Waals surface area contributed by atoms with Crippen molar-refractivity contribution >= 4 is 10.0 Å². The highest BCUT2D eigenvalue weighted by Crippen LogP contribution is 2.45. The number of rotatable bonds is 7. The minimum atomic E-state index is -3.96. The van der Waals surface area contributed by atoms with E-state index in [2.05, 4.69) is 5.16 Å². The third-order valence-electron chi connectivity index (χ3n) is 6.09. The van der Waals surface area contributed by atoms with Crippen LogP contribution in [0, 0.1) is 13.8 Å². The summed E-state index contributed by atoms with van der Waals surface area (Å²) in [7, 11) is 2.27. The molecule has 0 fully saturated rings.